The number of ketones is 1. The molecule has 4 aromatic rings. The Hall–Kier alpha value is -3.65. The van der Waals surface area contributed by atoms with Gasteiger partial charge in [-0.25, -0.2) is 14.3 Å². The molecule has 0 unspecified atom stereocenters. The number of rotatable bonds is 7. The summed E-state index contributed by atoms with van der Waals surface area (Å²) >= 11 is 6.16. The van der Waals surface area contributed by atoms with Gasteiger partial charge in [0.25, 0.3) is 5.56 Å². The van der Waals surface area contributed by atoms with Crippen molar-refractivity contribution in [2.24, 2.45) is 5.92 Å². The van der Waals surface area contributed by atoms with Gasteiger partial charge in [0.2, 0.25) is 0 Å². The third-order valence-corrected chi connectivity index (χ3v) is 5.46. The number of aromatic nitrogens is 4. The maximum atomic E-state index is 13.4. The molecule has 2 aromatic carbocycles. The smallest absolute Gasteiger partial charge is 0.337 e. The summed E-state index contributed by atoms with van der Waals surface area (Å²) in [4.78, 5) is 44.0. The number of ether oxygens (including phenoxy) is 1. The Balaban J connectivity index is 1.91. The van der Waals surface area contributed by atoms with Gasteiger partial charge in [0.05, 0.1) is 25.7 Å². The van der Waals surface area contributed by atoms with E-state index >= 15 is 0 Å². The van der Waals surface area contributed by atoms with Crippen LogP contribution < -0.4 is 16.0 Å². The van der Waals surface area contributed by atoms with E-state index in [1.807, 2.05) is 13.8 Å². The Labute approximate surface area is 194 Å². The van der Waals surface area contributed by atoms with Gasteiger partial charge in [0, 0.05) is 17.1 Å². The number of benzene rings is 2. The number of imidazole rings is 1. The van der Waals surface area contributed by atoms with Crippen LogP contribution >= 0.6 is 11.6 Å². The highest BCUT2D eigenvalue weighted by Gasteiger charge is 2.21. The summed E-state index contributed by atoms with van der Waals surface area (Å²) in [5, 5.41) is 0.446. The molecule has 0 saturated heterocycles. The Morgan fingerprint density at radius 2 is 1.88 bits per heavy atom. The average Bonchev–Trinajstić information content (AvgIpc) is 3.20. The van der Waals surface area contributed by atoms with Gasteiger partial charge in [-0.05, 0) is 36.2 Å². The highest BCUT2D eigenvalue weighted by Crippen LogP contribution is 2.18. The van der Waals surface area contributed by atoms with Crippen molar-refractivity contribution in [1.29, 1.82) is 0 Å². The lowest BCUT2D eigenvalue weighted by Gasteiger charge is -2.14. The van der Waals surface area contributed by atoms with E-state index in [2.05, 4.69) is 4.98 Å². The van der Waals surface area contributed by atoms with Gasteiger partial charge in [0.15, 0.2) is 16.9 Å². The molecular weight excluding hydrogens is 444 g/mol. The molecule has 33 heavy (non-hydrogen) atoms. The van der Waals surface area contributed by atoms with Crippen LogP contribution in [0.3, 0.4) is 0 Å². The number of halogens is 1. The summed E-state index contributed by atoms with van der Waals surface area (Å²) in [6.45, 7) is 3.95. The summed E-state index contributed by atoms with van der Waals surface area (Å²) < 4.78 is 9.22. The zero-order valence-corrected chi connectivity index (χ0v) is 19.2. The quantitative estimate of drug-likeness (QED) is 0.389. The minimum atomic E-state index is -0.507. The molecule has 0 aliphatic carbocycles. The molecular formula is C24H23ClN4O4. The molecule has 9 heteroatoms. The van der Waals surface area contributed by atoms with Crippen LogP contribution in [0.4, 0.5) is 0 Å². The van der Waals surface area contributed by atoms with E-state index in [1.54, 1.807) is 48.5 Å². The van der Waals surface area contributed by atoms with Gasteiger partial charge in [-0.1, -0.05) is 43.6 Å². The van der Waals surface area contributed by atoms with Gasteiger partial charge in [-0.15, -0.1) is 0 Å². The number of Topliss-reactive ketones (excluding diaryl/α,β-unsaturated/α-hetero) is 1. The second-order valence-electron chi connectivity index (χ2n) is 8.11. The molecule has 0 saturated carbocycles. The van der Waals surface area contributed by atoms with Crippen molar-refractivity contribution >= 4 is 28.5 Å². The average molecular weight is 467 g/mol. The van der Waals surface area contributed by atoms with Gasteiger partial charge >= 0.3 is 5.69 Å². The van der Waals surface area contributed by atoms with Crippen molar-refractivity contribution in [2.75, 3.05) is 7.11 Å². The summed E-state index contributed by atoms with van der Waals surface area (Å²) in [5.74, 6) is 0.393. The summed E-state index contributed by atoms with van der Waals surface area (Å²) in [6, 6.07) is 13.6. The molecule has 0 spiro atoms. The van der Waals surface area contributed by atoms with Crippen molar-refractivity contribution in [3.63, 3.8) is 0 Å². The van der Waals surface area contributed by atoms with Crippen LogP contribution in [0.2, 0.25) is 5.02 Å². The molecule has 0 aliphatic rings. The molecule has 0 atom stereocenters. The molecule has 0 radical (unpaired) electrons. The Morgan fingerprint density at radius 1 is 1.12 bits per heavy atom. The number of hydrogen-bond acceptors (Lipinski definition) is 5. The number of carbonyl (C=O) groups excluding carboxylic acids is 1. The minimum Gasteiger partial charge on any atom is -0.497 e. The molecule has 8 nitrogen and oxygen atoms in total. The highest BCUT2D eigenvalue weighted by molar-refractivity contribution is 6.30. The fourth-order valence-electron chi connectivity index (χ4n) is 3.72. The molecule has 0 fully saturated rings. The SMILES string of the molecule is COc1cccc(C(=O)Cn2cnc3c2c(=O)n(CC(C)C)c(=O)n3-c2cccc(Cl)c2)c1. The standard InChI is InChI=1S/C24H23ClN4O4/c1-15(2)12-28-23(31)21-22(29(24(28)32)18-8-5-7-17(25)11-18)26-14-27(21)13-20(30)16-6-4-9-19(10-16)33-3/h4-11,14-15H,12-13H2,1-3H3. The van der Waals surface area contributed by atoms with Gasteiger partial charge in [-0.3, -0.25) is 14.2 Å². The van der Waals surface area contributed by atoms with Gasteiger partial charge < -0.3 is 9.30 Å². The highest BCUT2D eigenvalue weighted by atomic mass is 35.5. The van der Waals surface area contributed by atoms with E-state index < -0.39 is 11.2 Å². The van der Waals surface area contributed by atoms with E-state index in [9.17, 15) is 14.4 Å². The van der Waals surface area contributed by atoms with E-state index in [0.717, 1.165) is 0 Å². The van der Waals surface area contributed by atoms with Crippen molar-refractivity contribution < 1.29 is 9.53 Å². The topological polar surface area (TPSA) is 88.1 Å². The van der Waals surface area contributed by atoms with Crippen LogP contribution in [0, 0.1) is 5.92 Å². The van der Waals surface area contributed by atoms with E-state index in [0.29, 0.717) is 22.0 Å². The normalized spacial score (nSPS) is 11.3. The lowest BCUT2D eigenvalue weighted by Crippen LogP contribution is -2.41. The largest absolute Gasteiger partial charge is 0.497 e. The zero-order chi connectivity index (χ0) is 23.7. The molecule has 0 amide bonds. The van der Waals surface area contributed by atoms with E-state index in [-0.39, 0.29) is 36.0 Å². The number of hydrogen-bond donors (Lipinski definition) is 0. The number of fused-ring (bicyclic) bond motifs is 1. The molecule has 2 aromatic heterocycles. The first-order chi connectivity index (χ1) is 15.8. The lowest BCUT2D eigenvalue weighted by atomic mass is 10.1. The molecule has 170 valence electrons. The number of nitrogens with zero attached hydrogens (tertiary/aromatic N) is 4. The van der Waals surface area contributed by atoms with Crippen molar-refractivity contribution in [1.82, 2.24) is 18.7 Å². The van der Waals surface area contributed by atoms with Crippen LogP contribution in [0.25, 0.3) is 16.9 Å². The lowest BCUT2D eigenvalue weighted by molar-refractivity contribution is 0.0973. The van der Waals surface area contributed by atoms with Crippen molar-refractivity contribution in [2.45, 2.75) is 26.9 Å². The van der Waals surface area contributed by atoms with Crippen LogP contribution in [0.15, 0.2) is 64.4 Å². The second-order valence-corrected chi connectivity index (χ2v) is 8.54. The van der Waals surface area contributed by atoms with Crippen molar-refractivity contribution in [3.8, 4) is 11.4 Å². The molecule has 4 rings (SSSR count). The first kappa shape index (κ1) is 22.5. The van der Waals surface area contributed by atoms with Crippen LogP contribution in [-0.4, -0.2) is 31.6 Å². The third-order valence-electron chi connectivity index (χ3n) is 5.22. The Bertz CT molecular complexity index is 1470. The molecule has 0 N–H and O–H groups in total. The predicted molar refractivity (Wildman–Crippen MR) is 127 cm³/mol. The van der Waals surface area contributed by atoms with Crippen LogP contribution in [-0.2, 0) is 13.1 Å². The van der Waals surface area contributed by atoms with Crippen LogP contribution in [0.5, 0.6) is 5.75 Å². The fraction of sp³-hybridized carbons (Fsp3) is 0.250. The fourth-order valence-corrected chi connectivity index (χ4v) is 3.90. The van der Waals surface area contributed by atoms with E-state index in [4.69, 9.17) is 16.3 Å². The number of carbonyl (C=O) groups is 1. The van der Waals surface area contributed by atoms with Crippen molar-refractivity contribution in [3.05, 3.63) is 86.3 Å². The van der Waals surface area contributed by atoms with Crippen LogP contribution in [0.1, 0.15) is 24.2 Å². The Kier molecular flexibility index (Phi) is 6.20. The monoisotopic (exact) mass is 466 g/mol. The molecule has 0 aliphatic heterocycles. The Morgan fingerprint density at radius 3 is 2.58 bits per heavy atom. The summed E-state index contributed by atoms with van der Waals surface area (Å²) in [5.41, 5.74) is 0.282. The maximum absolute atomic E-state index is 13.4. The van der Waals surface area contributed by atoms with Gasteiger partial charge in [-0.2, -0.15) is 0 Å². The second kappa shape index (κ2) is 9.07. The summed E-state index contributed by atoms with van der Waals surface area (Å²) in [7, 11) is 1.53. The first-order valence-corrected chi connectivity index (χ1v) is 10.8. The van der Waals surface area contributed by atoms with E-state index in [1.165, 1.54) is 27.1 Å². The predicted octanol–water partition coefficient (Wildman–Crippen LogP) is 3.55. The minimum absolute atomic E-state index is 0.0513. The molecule has 0 bridgehead atoms. The summed E-state index contributed by atoms with van der Waals surface area (Å²) in [6.07, 6.45) is 1.41. The third kappa shape index (κ3) is 4.34. The maximum Gasteiger partial charge on any atom is 0.337 e. The van der Waals surface area contributed by atoms with Gasteiger partial charge in [0.1, 0.15) is 5.75 Å². The molecule has 2 heterocycles. The number of methoxy groups -OCH3 is 1. The first-order valence-electron chi connectivity index (χ1n) is 10.4. The zero-order valence-electron chi connectivity index (χ0n) is 18.5.